The predicted molar refractivity (Wildman–Crippen MR) is 77.9 cm³/mol. The van der Waals surface area contributed by atoms with E-state index in [1.807, 2.05) is 13.0 Å². The fraction of sp³-hybridized carbons (Fsp3) is 0.571. The molecule has 0 fully saturated rings. The summed E-state index contributed by atoms with van der Waals surface area (Å²) in [6, 6.07) is 3.90. The molecule has 96 valence electrons. The maximum Gasteiger partial charge on any atom is 0.0601 e. The number of hydrogen-bond acceptors (Lipinski definition) is 2. The van der Waals surface area contributed by atoms with Gasteiger partial charge in [0.2, 0.25) is 0 Å². The zero-order valence-corrected chi connectivity index (χ0v) is 12.0. The Hall–Kier alpha value is -0.890. The summed E-state index contributed by atoms with van der Waals surface area (Å²) in [4.78, 5) is 2.21. The Morgan fingerprint density at radius 1 is 1.35 bits per heavy atom. The molecular weight excluding hydrogens is 232 g/mol. The highest BCUT2D eigenvalue weighted by atomic mass is 35.5. The molecule has 1 aromatic carbocycles. The van der Waals surface area contributed by atoms with Gasteiger partial charge in [0.1, 0.15) is 0 Å². The SMILES string of the molecule is Cc1cc(N(C)CCCC(C)C)c(N)cc1Cl. The number of benzene rings is 1. The normalized spacial score (nSPS) is 10.9. The summed E-state index contributed by atoms with van der Waals surface area (Å²) in [5, 5.41) is 0.738. The zero-order chi connectivity index (χ0) is 13.0. The first-order valence-electron chi connectivity index (χ1n) is 6.18. The molecule has 0 aliphatic rings. The minimum atomic E-state index is 0.738. The Labute approximate surface area is 110 Å². The third kappa shape index (κ3) is 4.12. The van der Waals surface area contributed by atoms with Crippen molar-refractivity contribution >= 4 is 23.0 Å². The van der Waals surface area contributed by atoms with Crippen molar-refractivity contribution in [2.45, 2.75) is 33.6 Å². The molecule has 0 bridgehead atoms. The van der Waals surface area contributed by atoms with Gasteiger partial charge in [0.25, 0.3) is 0 Å². The Balaban J connectivity index is 2.68. The summed E-state index contributed by atoms with van der Waals surface area (Å²) in [5.74, 6) is 0.757. The van der Waals surface area contributed by atoms with Gasteiger partial charge in [-0.05, 0) is 43.4 Å². The molecular formula is C14H23ClN2. The molecule has 0 heterocycles. The van der Waals surface area contributed by atoms with E-state index in [9.17, 15) is 0 Å². The highest BCUT2D eigenvalue weighted by Crippen LogP contribution is 2.29. The molecule has 0 radical (unpaired) electrons. The van der Waals surface area contributed by atoms with Crippen LogP contribution in [0.25, 0.3) is 0 Å². The fourth-order valence-corrected chi connectivity index (χ4v) is 2.04. The van der Waals surface area contributed by atoms with Crippen LogP contribution in [0.5, 0.6) is 0 Å². The van der Waals surface area contributed by atoms with Crippen LogP contribution in [-0.4, -0.2) is 13.6 Å². The maximum atomic E-state index is 6.04. The molecule has 0 aliphatic heterocycles. The van der Waals surface area contributed by atoms with Crippen LogP contribution in [0, 0.1) is 12.8 Å². The molecule has 2 N–H and O–H groups in total. The summed E-state index contributed by atoms with van der Waals surface area (Å²) in [6.45, 7) is 7.54. The number of anilines is 2. The van der Waals surface area contributed by atoms with Crippen LogP contribution in [0.4, 0.5) is 11.4 Å². The summed E-state index contributed by atoms with van der Waals surface area (Å²) in [7, 11) is 2.08. The minimum absolute atomic E-state index is 0.738. The topological polar surface area (TPSA) is 29.3 Å². The molecule has 1 rings (SSSR count). The van der Waals surface area contributed by atoms with Crippen molar-refractivity contribution in [2.75, 3.05) is 24.2 Å². The summed E-state index contributed by atoms with van der Waals surface area (Å²) in [6.07, 6.45) is 2.44. The lowest BCUT2D eigenvalue weighted by molar-refractivity contribution is 0.556. The largest absolute Gasteiger partial charge is 0.397 e. The van der Waals surface area contributed by atoms with Crippen molar-refractivity contribution in [3.8, 4) is 0 Å². The van der Waals surface area contributed by atoms with E-state index in [0.717, 1.165) is 34.4 Å². The van der Waals surface area contributed by atoms with Crippen LogP contribution in [-0.2, 0) is 0 Å². The first-order chi connectivity index (χ1) is 7.91. The number of aryl methyl sites for hydroxylation is 1. The third-order valence-electron chi connectivity index (χ3n) is 2.99. The fourth-order valence-electron chi connectivity index (χ4n) is 1.87. The van der Waals surface area contributed by atoms with Gasteiger partial charge in [-0.15, -0.1) is 0 Å². The molecule has 0 saturated carbocycles. The van der Waals surface area contributed by atoms with Gasteiger partial charge in [0, 0.05) is 18.6 Å². The van der Waals surface area contributed by atoms with Crippen LogP contribution in [0.3, 0.4) is 0 Å². The Bertz CT molecular complexity index is 375. The molecule has 2 nitrogen and oxygen atoms in total. The second kappa shape index (κ2) is 6.15. The summed E-state index contributed by atoms with van der Waals surface area (Å²) in [5.41, 5.74) is 8.91. The number of nitrogen functional groups attached to an aromatic ring is 1. The Kier molecular flexibility index (Phi) is 5.13. The van der Waals surface area contributed by atoms with Crippen LogP contribution < -0.4 is 10.6 Å². The number of hydrogen-bond donors (Lipinski definition) is 1. The predicted octanol–water partition coefficient (Wildman–Crippen LogP) is 4.10. The van der Waals surface area contributed by atoms with Crippen molar-refractivity contribution in [3.63, 3.8) is 0 Å². The van der Waals surface area contributed by atoms with Crippen molar-refractivity contribution in [1.29, 1.82) is 0 Å². The van der Waals surface area contributed by atoms with Crippen LogP contribution in [0.15, 0.2) is 12.1 Å². The van der Waals surface area contributed by atoms with Crippen molar-refractivity contribution in [3.05, 3.63) is 22.7 Å². The van der Waals surface area contributed by atoms with E-state index >= 15 is 0 Å². The first kappa shape index (κ1) is 14.2. The van der Waals surface area contributed by atoms with Gasteiger partial charge in [-0.1, -0.05) is 25.4 Å². The van der Waals surface area contributed by atoms with Crippen LogP contribution in [0.2, 0.25) is 5.02 Å². The van der Waals surface area contributed by atoms with E-state index in [1.165, 1.54) is 12.8 Å². The molecule has 0 spiro atoms. The third-order valence-corrected chi connectivity index (χ3v) is 3.40. The molecule has 0 aromatic heterocycles. The molecule has 0 atom stereocenters. The highest BCUT2D eigenvalue weighted by Gasteiger charge is 2.08. The zero-order valence-electron chi connectivity index (χ0n) is 11.3. The van der Waals surface area contributed by atoms with Gasteiger partial charge >= 0.3 is 0 Å². The van der Waals surface area contributed by atoms with Gasteiger partial charge in [-0.25, -0.2) is 0 Å². The van der Waals surface area contributed by atoms with E-state index in [4.69, 9.17) is 17.3 Å². The van der Waals surface area contributed by atoms with Crippen LogP contribution >= 0.6 is 11.6 Å². The summed E-state index contributed by atoms with van der Waals surface area (Å²) >= 11 is 6.04. The van der Waals surface area contributed by atoms with Gasteiger partial charge in [-0.3, -0.25) is 0 Å². The molecule has 0 amide bonds. The molecule has 3 heteroatoms. The van der Waals surface area contributed by atoms with Gasteiger partial charge in [0.05, 0.1) is 11.4 Å². The van der Waals surface area contributed by atoms with Gasteiger partial charge in [0.15, 0.2) is 0 Å². The summed E-state index contributed by atoms with van der Waals surface area (Å²) < 4.78 is 0. The Morgan fingerprint density at radius 3 is 2.59 bits per heavy atom. The van der Waals surface area contributed by atoms with Crippen molar-refractivity contribution in [1.82, 2.24) is 0 Å². The quantitative estimate of drug-likeness (QED) is 0.802. The monoisotopic (exact) mass is 254 g/mol. The second-order valence-corrected chi connectivity index (χ2v) is 5.53. The lowest BCUT2D eigenvalue weighted by atomic mass is 10.1. The molecule has 0 saturated heterocycles. The molecule has 17 heavy (non-hydrogen) atoms. The molecule has 0 aliphatic carbocycles. The number of nitrogens with two attached hydrogens (primary N) is 1. The lowest BCUT2D eigenvalue weighted by Crippen LogP contribution is -2.20. The number of rotatable bonds is 5. The van der Waals surface area contributed by atoms with E-state index in [0.29, 0.717) is 0 Å². The van der Waals surface area contributed by atoms with Gasteiger partial charge in [-0.2, -0.15) is 0 Å². The van der Waals surface area contributed by atoms with Crippen molar-refractivity contribution in [2.24, 2.45) is 5.92 Å². The van der Waals surface area contributed by atoms with E-state index in [2.05, 4.69) is 31.9 Å². The van der Waals surface area contributed by atoms with Gasteiger partial charge < -0.3 is 10.6 Å². The second-order valence-electron chi connectivity index (χ2n) is 5.12. The molecule has 1 aromatic rings. The first-order valence-corrected chi connectivity index (χ1v) is 6.56. The number of halogens is 1. The highest BCUT2D eigenvalue weighted by molar-refractivity contribution is 6.31. The smallest absolute Gasteiger partial charge is 0.0601 e. The molecule has 0 unspecified atom stereocenters. The van der Waals surface area contributed by atoms with Crippen molar-refractivity contribution < 1.29 is 0 Å². The lowest BCUT2D eigenvalue weighted by Gasteiger charge is -2.22. The van der Waals surface area contributed by atoms with E-state index in [1.54, 1.807) is 0 Å². The average molecular weight is 255 g/mol. The number of nitrogens with zero attached hydrogens (tertiary/aromatic N) is 1. The maximum absolute atomic E-state index is 6.04. The standard InChI is InChI=1S/C14H23ClN2/c1-10(2)6-5-7-17(4)14-8-11(3)12(15)9-13(14)16/h8-10H,5-7,16H2,1-4H3. The van der Waals surface area contributed by atoms with Crippen LogP contribution in [0.1, 0.15) is 32.3 Å². The van der Waals surface area contributed by atoms with E-state index < -0.39 is 0 Å². The minimum Gasteiger partial charge on any atom is -0.397 e. The van der Waals surface area contributed by atoms with E-state index in [-0.39, 0.29) is 0 Å². The Morgan fingerprint density at radius 2 is 2.00 bits per heavy atom. The average Bonchev–Trinajstić information content (AvgIpc) is 2.22.